The number of piperazine rings is 1. The summed E-state index contributed by atoms with van der Waals surface area (Å²) in [5.74, 6) is -2.26. The molecule has 0 saturated carbocycles. The normalized spacial score (nSPS) is 15.6. The highest BCUT2D eigenvalue weighted by Gasteiger charge is 2.24. The molecule has 0 unspecified atom stereocenters. The lowest BCUT2D eigenvalue weighted by atomic mass is 10.2. The quantitative estimate of drug-likeness (QED) is 0.742. The van der Waals surface area contributed by atoms with Gasteiger partial charge in [0.1, 0.15) is 0 Å². The van der Waals surface area contributed by atoms with Crippen LogP contribution in [0.2, 0.25) is 0 Å². The number of hydrogen-bond donors (Lipinski definition) is 1. The van der Waals surface area contributed by atoms with Gasteiger partial charge in [-0.25, -0.2) is 17.2 Å². The van der Waals surface area contributed by atoms with Crippen molar-refractivity contribution in [3.8, 4) is 0 Å². The minimum absolute atomic E-state index is 0.0600. The van der Waals surface area contributed by atoms with Gasteiger partial charge in [-0.05, 0) is 49.9 Å². The van der Waals surface area contributed by atoms with Crippen LogP contribution in [0, 0.1) is 11.6 Å². The van der Waals surface area contributed by atoms with Gasteiger partial charge in [0.05, 0.1) is 15.5 Å². The lowest BCUT2D eigenvalue weighted by Gasteiger charge is -2.34. The van der Waals surface area contributed by atoms with Crippen molar-refractivity contribution in [2.24, 2.45) is 0 Å². The number of anilines is 2. The zero-order chi connectivity index (χ0) is 20.3. The Morgan fingerprint density at radius 1 is 1.00 bits per heavy atom. The Kier molecular flexibility index (Phi) is 6.20. The highest BCUT2D eigenvalue weighted by atomic mass is 32.2. The summed E-state index contributed by atoms with van der Waals surface area (Å²) in [5.41, 5.74) is 1.42. The van der Waals surface area contributed by atoms with Crippen molar-refractivity contribution >= 4 is 21.2 Å². The second kappa shape index (κ2) is 8.45. The van der Waals surface area contributed by atoms with E-state index in [-0.39, 0.29) is 9.79 Å². The van der Waals surface area contributed by atoms with Gasteiger partial charge in [-0.2, -0.15) is 0 Å². The van der Waals surface area contributed by atoms with Gasteiger partial charge in [-0.1, -0.05) is 6.92 Å². The fraction of sp³-hybridized carbons (Fsp3) is 0.400. The standard InChI is InChI=1S/C20H25F2N3O2S/c1-3-8-23-19-13-15(25-11-9-24(2)10-12-25)4-7-20(19)28(26,27)16-5-6-17(21)18(22)14-16/h4-7,13-14,23H,3,8-12H2,1-2H3. The third-order valence-corrected chi connectivity index (χ3v) is 6.70. The summed E-state index contributed by atoms with van der Waals surface area (Å²) >= 11 is 0. The molecule has 0 radical (unpaired) electrons. The van der Waals surface area contributed by atoms with Gasteiger partial charge in [0, 0.05) is 38.4 Å². The molecule has 28 heavy (non-hydrogen) atoms. The van der Waals surface area contributed by atoms with Crippen molar-refractivity contribution in [3.05, 3.63) is 48.0 Å². The lowest BCUT2D eigenvalue weighted by Crippen LogP contribution is -2.44. The molecule has 3 rings (SSSR count). The first-order valence-corrected chi connectivity index (χ1v) is 10.8. The summed E-state index contributed by atoms with van der Waals surface area (Å²) in [5, 5.41) is 3.17. The number of sulfone groups is 1. The molecule has 1 saturated heterocycles. The molecular formula is C20H25F2N3O2S. The molecule has 152 valence electrons. The van der Waals surface area contributed by atoms with E-state index >= 15 is 0 Å². The van der Waals surface area contributed by atoms with E-state index in [4.69, 9.17) is 0 Å². The van der Waals surface area contributed by atoms with Crippen LogP contribution in [-0.2, 0) is 9.84 Å². The molecule has 1 aliphatic rings. The third-order valence-electron chi connectivity index (χ3n) is 4.89. The Labute approximate surface area is 164 Å². The highest BCUT2D eigenvalue weighted by Crippen LogP contribution is 2.32. The number of benzene rings is 2. The van der Waals surface area contributed by atoms with E-state index in [0.717, 1.165) is 56.5 Å². The summed E-state index contributed by atoms with van der Waals surface area (Å²) in [4.78, 5) is 4.25. The first kappa shape index (κ1) is 20.5. The molecule has 0 amide bonds. The molecule has 0 aromatic heterocycles. The Hall–Kier alpha value is -2.19. The van der Waals surface area contributed by atoms with E-state index in [1.54, 1.807) is 12.1 Å². The third kappa shape index (κ3) is 4.28. The topological polar surface area (TPSA) is 52.6 Å². The molecule has 0 bridgehead atoms. The van der Waals surface area contributed by atoms with Crippen molar-refractivity contribution in [2.45, 2.75) is 23.1 Å². The first-order valence-electron chi connectivity index (χ1n) is 9.34. The largest absolute Gasteiger partial charge is 0.384 e. The maximum Gasteiger partial charge on any atom is 0.208 e. The average Bonchev–Trinajstić information content (AvgIpc) is 2.68. The average molecular weight is 410 g/mol. The minimum Gasteiger partial charge on any atom is -0.384 e. The van der Waals surface area contributed by atoms with Crippen LogP contribution in [0.4, 0.5) is 20.2 Å². The smallest absolute Gasteiger partial charge is 0.208 e. The van der Waals surface area contributed by atoms with Crippen LogP contribution < -0.4 is 10.2 Å². The Bertz CT molecular complexity index is 942. The van der Waals surface area contributed by atoms with Crippen molar-refractivity contribution in [1.82, 2.24) is 4.90 Å². The van der Waals surface area contributed by atoms with Crippen molar-refractivity contribution in [2.75, 3.05) is 50.0 Å². The fourth-order valence-corrected chi connectivity index (χ4v) is 4.61. The molecule has 0 atom stereocenters. The van der Waals surface area contributed by atoms with Crippen LogP contribution in [0.5, 0.6) is 0 Å². The zero-order valence-electron chi connectivity index (χ0n) is 16.1. The number of rotatable bonds is 6. The molecule has 5 nitrogen and oxygen atoms in total. The SMILES string of the molecule is CCCNc1cc(N2CCN(C)CC2)ccc1S(=O)(=O)c1ccc(F)c(F)c1. The van der Waals surface area contributed by atoms with Gasteiger partial charge < -0.3 is 15.1 Å². The van der Waals surface area contributed by atoms with E-state index in [1.165, 1.54) is 0 Å². The van der Waals surface area contributed by atoms with E-state index in [0.29, 0.717) is 12.2 Å². The summed E-state index contributed by atoms with van der Waals surface area (Å²) in [6.07, 6.45) is 0.823. The molecule has 1 fully saturated rings. The summed E-state index contributed by atoms with van der Waals surface area (Å²) in [6.45, 7) is 6.19. The number of hydrogen-bond acceptors (Lipinski definition) is 5. The van der Waals surface area contributed by atoms with Gasteiger partial charge in [-0.3, -0.25) is 0 Å². The fourth-order valence-electron chi connectivity index (χ4n) is 3.18. The predicted octanol–water partition coefficient (Wildman–Crippen LogP) is 3.37. The van der Waals surface area contributed by atoms with E-state index in [1.807, 2.05) is 13.0 Å². The van der Waals surface area contributed by atoms with Crippen LogP contribution in [0.3, 0.4) is 0 Å². The van der Waals surface area contributed by atoms with E-state index in [9.17, 15) is 17.2 Å². The van der Waals surface area contributed by atoms with Crippen LogP contribution in [-0.4, -0.2) is 53.1 Å². The highest BCUT2D eigenvalue weighted by molar-refractivity contribution is 7.91. The Balaban J connectivity index is 2.00. The Morgan fingerprint density at radius 2 is 1.71 bits per heavy atom. The molecule has 1 aliphatic heterocycles. The van der Waals surface area contributed by atoms with Crippen molar-refractivity contribution in [1.29, 1.82) is 0 Å². The van der Waals surface area contributed by atoms with Gasteiger partial charge in [0.2, 0.25) is 9.84 Å². The van der Waals surface area contributed by atoms with E-state index < -0.39 is 21.5 Å². The van der Waals surface area contributed by atoms with Gasteiger partial charge in [-0.15, -0.1) is 0 Å². The second-order valence-electron chi connectivity index (χ2n) is 6.98. The van der Waals surface area contributed by atoms with Gasteiger partial charge in [0.25, 0.3) is 0 Å². The summed E-state index contributed by atoms with van der Waals surface area (Å²) in [7, 11) is -1.92. The molecule has 1 heterocycles. The predicted molar refractivity (Wildman–Crippen MR) is 107 cm³/mol. The molecule has 2 aromatic carbocycles. The second-order valence-corrected chi connectivity index (χ2v) is 8.90. The number of likely N-dealkylation sites (N-methyl/N-ethyl adjacent to an activating group) is 1. The molecular weight excluding hydrogens is 384 g/mol. The number of nitrogens with zero attached hydrogens (tertiary/aromatic N) is 2. The first-order chi connectivity index (χ1) is 13.3. The van der Waals surface area contributed by atoms with Crippen molar-refractivity contribution in [3.63, 3.8) is 0 Å². The van der Waals surface area contributed by atoms with Crippen LogP contribution >= 0.6 is 0 Å². The molecule has 0 aliphatic carbocycles. The maximum absolute atomic E-state index is 13.6. The van der Waals surface area contributed by atoms with Crippen LogP contribution in [0.15, 0.2) is 46.2 Å². The monoisotopic (exact) mass is 409 g/mol. The minimum atomic E-state index is -3.99. The van der Waals surface area contributed by atoms with Gasteiger partial charge >= 0.3 is 0 Å². The van der Waals surface area contributed by atoms with Crippen LogP contribution in [0.25, 0.3) is 0 Å². The molecule has 8 heteroatoms. The maximum atomic E-state index is 13.6. The van der Waals surface area contributed by atoms with Crippen molar-refractivity contribution < 1.29 is 17.2 Å². The van der Waals surface area contributed by atoms with Crippen LogP contribution in [0.1, 0.15) is 13.3 Å². The number of halogens is 2. The van der Waals surface area contributed by atoms with E-state index in [2.05, 4.69) is 22.2 Å². The molecule has 0 spiro atoms. The number of nitrogens with one attached hydrogen (secondary N) is 1. The Morgan fingerprint density at radius 3 is 2.36 bits per heavy atom. The molecule has 2 aromatic rings. The summed E-state index contributed by atoms with van der Waals surface area (Å²) < 4.78 is 53.0. The zero-order valence-corrected chi connectivity index (χ0v) is 16.9. The lowest BCUT2D eigenvalue weighted by molar-refractivity contribution is 0.313. The summed E-state index contributed by atoms with van der Waals surface area (Å²) in [6, 6.07) is 7.79. The molecule has 1 N–H and O–H groups in total. The van der Waals surface area contributed by atoms with Gasteiger partial charge in [0.15, 0.2) is 11.6 Å².